The predicted molar refractivity (Wildman–Crippen MR) is 41.1 cm³/mol. The zero-order valence-corrected chi connectivity index (χ0v) is 8.32. The first kappa shape index (κ1) is 16.5. The highest BCUT2D eigenvalue weighted by Gasteiger charge is 2.13. The first-order valence-electron chi connectivity index (χ1n) is 2.44. The van der Waals surface area contributed by atoms with Gasteiger partial charge in [-0.15, -0.1) is 23.1 Å². The first-order chi connectivity index (χ1) is 7.18. The maximum absolute atomic E-state index is 9.80. The average molecular weight is 283 g/mol. The Morgan fingerprint density at radius 3 is 1.19 bits per heavy atom. The lowest BCUT2D eigenvalue weighted by molar-refractivity contribution is 0.224. The molecule has 0 saturated carbocycles. The van der Waals surface area contributed by atoms with E-state index < -0.39 is 20.8 Å². The van der Waals surface area contributed by atoms with E-state index in [-0.39, 0.29) is 0 Å². The number of hydrogen-bond donors (Lipinski definition) is 1. The van der Waals surface area contributed by atoms with E-state index in [0.717, 1.165) is 0 Å². The minimum absolute atomic E-state index is 1.42. The van der Waals surface area contributed by atoms with E-state index in [1.54, 1.807) is 0 Å². The van der Waals surface area contributed by atoms with Crippen LogP contribution >= 0.6 is 0 Å². The quantitative estimate of drug-likeness (QED) is 0.359. The van der Waals surface area contributed by atoms with Crippen LogP contribution in [0.3, 0.4) is 0 Å². The van der Waals surface area contributed by atoms with E-state index in [2.05, 4.69) is 12.9 Å². The molecule has 0 rings (SSSR count). The van der Waals surface area contributed by atoms with Crippen LogP contribution in [-0.4, -0.2) is 21.4 Å². The molecule has 0 aromatic rings. The molecule has 94 valence electrons. The third-order valence-corrected chi connectivity index (χ3v) is 1.10. The Labute approximate surface area is 86.5 Å². The Morgan fingerprint density at radius 2 is 1.06 bits per heavy atom. The maximum atomic E-state index is 9.80. The lowest BCUT2D eigenvalue weighted by Gasteiger charge is -1.86. The smallest absolute Gasteiger partial charge is 0.253 e. The second-order valence-corrected chi connectivity index (χ2v) is 3.40. The van der Waals surface area contributed by atoms with Crippen LogP contribution < -0.4 is 0 Å². The van der Waals surface area contributed by atoms with Gasteiger partial charge >= 0.3 is 20.8 Å². The van der Waals surface area contributed by atoms with Gasteiger partial charge in [0.15, 0.2) is 16.0 Å². The standard InChI is InChI=1S/N2O6S.HNO5S/c3-1-7-9(5,6)8-2-4;2-1-6-7(3,4)5/h;(H,3,4,5). The van der Waals surface area contributed by atoms with E-state index in [1.165, 1.54) is 16.0 Å². The van der Waals surface area contributed by atoms with Gasteiger partial charge in [-0.3, -0.25) is 4.55 Å². The molecule has 0 aromatic heterocycles. The normalized spacial score (nSPS) is 10.1. The molecule has 0 aliphatic carbocycles. The first-order valence-corrected chi connectivity index (χ1v) is 5.14. The van der Waals surface area contributed by atoms with Crippen LogP contribution in [-0.2, 0) is 33.6 Å². The van der Waals surface area contributed by atoms with Crippen molar-refractivity contribution in [1.29, 1.82) is 0 Å². The number of nitrogens with zero attached hydrogens (tertiary/aromatic N) is 3. The highest BCUT2D eigenvalue weighted by atomic mass is 32.3. The summed E-state index contributed by atoms with van der Waals surface area (Å²) in [5.41, 5.74) is 0. The zero-order chi connectivity index (χ0) is 13.2. The topological polar surface area (TPSA) is 204 Å². The van der Waals surface area contributed by atoms with E-state index in [4.69, 9.17) is 19.3 Å². The van der Waals surface area contributed by atoms with Crippen molar-refractivity contribution in [2.45, 2.75) is 0 Å². The summed E-state index contributed by atoms with van der Waals surface area (Å²) >= 11 is 0. The summed E-state index contributed by atoms with van der Waals surface area (Å²) in [4.78, 5) is 26.8. The molecule has 16 heavy (non-hydrogen) atoms. The van der Waals surface area contributed by atoms with Crippen LogP contribution in [0.5, 0.6) is 0 Å². The Bertz CT molecular complexity index is 398. The van der Waals surface area contributed by atoms with E-state index in [1.807, 2.05) is 0 Å². The molecule has 1 N–H and O–H groups in total. The van der Waals surface area contributed by atoms with Crippen molar-refractivity contribution in [3.05, 3.63) is 14.7 Å². The van der Waals surface area contributed by atoms with Gasteiger partial charge in [0.2, 0.25) is 0 Å². The highest BCUT2D eigenvalue weighted by Crippen LogP contribution is 1.94. The minimum atomic E-state index is -4.65. The third-order valence-electron chi connectivity index (χ3n) is 0.368. The van der Waals surface area contributed by atoms with E-state index in [9.17, 15) is 16.8 Å². The van der Waals surface area contributed by atoms with E-state index >= 15 is 0 Å². The molecule has 0 fully saturated rings. The highest BCUT2D eigenvalue weighted by molar-refractivity contribution is 7.81. The summed E-state index contributed by atoms with van der Waals surface area (Å²) in [6.07, 6.45) is 0. The molecule has 0 amide bonds. The SMILES string of the molecule is O=NOS(=O)(=O)O.O=NOS(=O)(=O)ON=O. The summed E-state index contributed by atoms with van der Waals surface area (Å²) in [5, 5.41) is 4.35. The Balaban J connectivity index is 0. The largest absolute Gasteiger partial charge is 0.547 e. The second kappa shape index (κ2) is 7.36. The average Bonchev–Trinajstić information content (AvgIpc) is 2.01. The van der Waals surface area contributed by atoms with Gasteiger partial charge in [0.05, 0.1) is 0 Å². The zero-order valence-electron chi connectivity index (χ0n) is 6.69. The third kappa shape index (κ3) is 14.6. The molecule has 0 heterocycles. The maximum Gasteiger partial charge on any atom is 0.547 e. The van der Waals surface area contributed by atoms with Gasteiger partial charge in [0.25, 0.3) is 0 Å². The Hall–Kier alpha value is -1.94. The molecule has 0 bridgehead atoms. The van der Waals surface area contributed by atoms with Crippen molar-refractivity contribution in [3.63, 3.8) is 0 Å². The van der Waals surface area contributed by atoms with Crippen molar-refractivity contribution in [2.75, 3.05) is 0 Å². The molecular weight excluding hydrogens is 282 g/mol. The van der Waals surface area contributed by atoms with Crippen LogP contribution in [0.4, 0.5) is 0 Å². The monoisotopic (exact) mass is 283 g/mol. The van der Waals surface area contributed by atoms with Gasteiger partial charge in [-0.1, -0.05) is 0 Å². The minimum Gasteiger partial charge on any atom is -0.253 e. The summed E-state index contributed by atoms with van der Waals surface area (Å²) in [5.74, 6) is 0. The molecule has 0 atom stereocenters. The predicted octanol–water partition coefficient (Wildman–Crippen LogP) is -0.886. The van der Waals surface area contributed by atoms with Gasteiger partial charge < -0.3 is 0 Å². The fourth-order valence-corrected chi connectivity index (χ4v) is 0.380. The molecular formula is HN3O11S2. The van der Waals surface area contributed by atoms with Gasteiger partial charge in [-0.25, -0.2) is 4.28 Å². The van der Waals surface area contributed by atoms with Gasteiger partial charge in [-0.05, 0) is 0 Å². The van der Waals surface area contributed by atoms with Crippen LogP contribution in [0.25, 0.3) is 0 Å². The summed E-state index contributed by atoms with van der Waals surface area (Å²) in [6.45, 7) is 0. The van der Waals surface area contributed by atoms with Crippen molar-refractivity contribution in [3.8, 4) is 0 Å². The number of hydrogen-bond acceptors (Lipinski definition) is 13. The molecule has 0 saturated heterocycles. The summed E-state index contributed by atoms with van der Waals surface area (Å²) in [7, 11) is -9.29. The number of rotatable bonds is 6. The fraction of sp³-hybridized carbons (Fsp3) is 0. The molecule has 14 nitrogen and oxygen atoms in total. The van der Waals surface area contributed by atoms with Crippen LogP contribution in [0.2, 0.25) is 0 Å². The Morgan fingerprint density at radius 1 is 0.750 bits per heavy atom. The molecule has 0 aromatic carbocycles. The molecule has 0 aliphatic heterocycles. The van der Waals surface area contributed by atoms with Crippen LogP contribution in [0, 0.1) is 14.7 Å². The van der Waals surface area contributed by atoms with Gasteiger partial charge in [0.1, 0.15) is 0 Å². The van der Waals surface area contributed by atoms with Crippen molar-refractivity contribution < 1.29 is 34.2 Å². The Kier molecular flexibility index (Phi) is 7.59. The van der Waals surface area contributed by atoms with Gasteiger partial charge in [0, 0.05) is 0 Å². The second-order valence-electron chi connectivity index (χ2n) is 1.28. The molecule has 0 aliphatic rings. The summed E-state index contributed by atoms with van der Waals surface area (Å²) in [6, 6.07) is 0. The summed E-state index contributed by atoms with van der Waals surface area (Å²) < 4.78 is 54.4. The van der Waals surface area contributed by atoms with Crippen LogP contribution in [0.15, 0.2) is 16.0 Å². The molecule has 0 spiro atoms. The van der Waals surface area contributed by atoms with Crippen LogP contribution in [0.1, 0.15) is 0 Å². The molecule has 0 radical (unpaired) electrons. The fourth-order valence-electron chi connectivity index (χ4n) is 0.127. The van der Waals surface area contributed by atoms with Crippen molar-refractivity contribution >= 4 is 20.8 Å². The van der Waals surface area contributed by atoms with Crippen molar-refractivity contribution in [2.24, 2.45) is 16.0 Å². The lowest BCUT2D eigenvalue weighted by atomic mass is 13.4. The lowest BCUT2D eigenvalue weighted by Crippen LogP contribution is -2.00. The molecule has 16 heteroatoms. The molecule has 0 unspecified atom stereocenters. The van der Waals surface area contributed by atoms with Gasteiger partial charge in [-0.2, -0.15) is 17.0 Å². The van der Waals surface area contributed by atoms with Crippen molar-refractivity contribution in [1.82, 2.24) is 0 Å². The van der Waals surface area contributed by atoms with E-state index in [0.29, 0.717) is 0 Å².